The van der Waals surface area contributed by atoms with Crippen LogP contribution in [0, 0.1) is 0 Å². The van der Waals surface area contributed by atoms with E-state index in [9.17, 15) is 0 Å². The molecule has 1 rings (SSSR count). The van der Waals surface area contributed by atoms with Crippen LogP contribution < -0.4 is 5.73 Å². The average Bonchev–Trinajstić information content (AvgIpc) is 2.73. The minimum atomic E-state index is -0.176. The molecule has 1 aromatic heterocycles. The minimum absolute atomic E-state index is 0.0865. The van der Waals surface area contributed by atoms with E-state index in [0.29, 0.717) is 11.7 Å². The van der Waals surface area contributed by atoms with Crippen molar-refractivity contribution in [3.8, 4) is 0 Å². The van der Waals surface area contributed by atoms with E-state index in [4.69, 9.17) is 15.0 Å². The molecule has 1 aromatic rings. The van der Waals surface area contributed by atoms with E-state index in [1.807, 2.05) is 6.92 Å². The maximum Gasteiger partial charge on any atom is 0.243 e. The van der Waals surface area contributed by atoms with Crippen LogP contribution in [-0.4, -0.2) is 17.3 Å². The Balaban J connectivity index is 2.72. The van der Waals surface area contributed by atoms with Crippen LogP contribution in [0.1, 0.15) is 57.0 Å². The molecule has 2 atom stereocenters. The molecule has 15 heavy (non-hydrogen) atoms. The van der Waals surface area contributed by atoms with E-state index < -0.39 is 0 Å². The predicted molar refractivity (Wildman–Crippen MR) is 56.2 cm³/mol. The van der Waals surface area contributed by atoms with E-state index in [0.717, 1.165) is 19.3 Å². The van der Waals surface area contributed by atoms with E-state index in [-0.39, 0.29) is 12.1 Å². The lowest BCUT2D eigenvalue weighted by molar-refractivity contribution is 0.0854. The van der Waals surface area contributed by atoms with Gasteiger partial charge in [-0.25, -0.2) is 0 Å². The maximum absolute atomic E-state index is 5.79. The molecule has 5 nitrogen and oxygen atoms in total. The molecule has 0 bridgehead atoms. The highest BCUT2D eigenvalue weighted by Gasteiger charge is 2.19. The van der Waals surface area contributed by atoms with E-state index in [2.05, 4.69) is 17.1 Å². The van der Waals surface area contributed by atoms with Gasteiger partial charge in [0.15, 0.2) is 0 Å². The van der Waals surface area contributed by atoms with Gasteiger partial charge in [-0.05, 0) is 12.8 Å². The van der Waals surface area contributed by atoms with Crippen LogP contribution in [-0.2, 0) is 4.74 Å². The molecule has 0 saturated heterocycles. The Morgan fingerprint density at radius 3 is 2.73 bits per heavy atom. The van der Waals surface area contributed by atoms with Gasteiger partial charge in [-0.3, -0.25) is 0 Å². The summed E-state index contributed by atoms with van der Waals surface area (Å²) in [4.78, 5) is 4.24. The lowest BCUT2D eigenvalue weighted by Crippen LogP contribution is -2.09. The number of nitrogens with zero attached hydrogens (tertiary/aromatic N) is 2. The van der Waals surface area contributed by atoms with Gasteiger partial charge in [-0.2, -0.15) is 4.98 Å². The molecule has 0 spiro atoms. The summed E-state index contributed by atoms with van der Waals surface area (Å²) >= 11 is 0. The quantitative estimate of drug-likeness (QED) is 0.782. The van der Waals surface area contributed by atoms with Gasteiger partial charge in [0.05, 0.1) is 6.04 Å². The first-order chi connectivity index (χ1) is 7.22. The monoisotopic (exact) mass is 213 g/mol. The molecule has 86 valence electrons. The Labute approximate surface area is 90.0 Å². The van der Waals surface area contributed by atoms with Gasteiger partial charge < -0.3 is 15.0 Å². The standard InChI is InChI=1S/C10H19N3O2/c1-4-6-8(14-3)9-12-10(15-13-9)7(11)5-2/h7-8H,4-6,11H2,1-3H3/t7-,8?/m1/s1. The first kappa shape index (κ1) is 12.1. The summed E-state index contributed by atoms with van der Waals surface area (Å²) < 4.78 is 10.4. The van der Waals surface area contributed by atoms with Crippen LogP contribution in [0.2, 0.25) is 0 Å². The summed E-state index contributed by atoms with van der Waals surface area (Å²) in [6.07, 6.45) is 2.60. The van der Waals surface area contributed by atoms with Crippen molar-refractivity contribution in [1.29, 1.82) is 0 Å². The molecule has 5 heteroatoms. The van der Waals surface area contributed by atoms with Crippen LogP contribution in [0.4, 0.5) is 0 Å². The molecule has 0 aliphatic heterocycles. The predicted octanol–water partition coefficient (Wildman–Crippen LogP) is 1.97. The van der Waals surface area contributed by atoms with Crippen molar-refractivity contribution in [2.75, 3.05) is 7.11 Å². The maximum atomic E-state index is 5.79. The van der Waals surface area contributed by atoms with Crippen molar-refractivity contribution >= 4 is 0 Å². The van der Waals surface area contributed by atoms with Gasteiger partial charge >= 0.3 is 0 Å². The summed E-state index contributed by atoms with van der Waals surface area (Å²) in [5, 5.41) is 3.88. The summed E-state index contributed by atoms with van der Waals surface area (Å²) in [6, 6.07) is -0.176. The van der Waals surface area contributed by atoms with Crippen LogP contribution in [0.15, 0.2) is 4.52 Å². The first-order valence-electron chi connectivity index (χ1n) is 5.34. The molecular weight excluding hydrogens is 194 g/mol. The van der Waals surface area contributed by atoms with Crippen LogP contribution in [0.25, 0.3) is 0 Å². The second-order valence-electron chi connectivity index (χ2n) is 3.52. The SMILES string of the molecule is CCCC(OC)c1noc([C@H](N)CC)n1. The van der Waals surface area contributed by atoms with Gasteiger partial charge in [0.2, 0.25) is 11.7 Å². The first-order valence-corrected chi connectivity index (χ1v) is 5.34. The third kappa shape index (κ3) is 3.00. The Hall–Kier alpha value is -0.940. The second kappa shape index (κ2) is 5.82. The normalized spacial score (nSPS) is 15.2. The zero-order chi connectivity index (χ0) is 11.3. The molecular formula is C10H19N3O2. The number of aromatic nitrogens is 2. The topological polar surface area (TPSA) is 74.2 Å². The lowest BCUT2D eigenvalue weighted by Gasteiger charge is -2.08. The molecule has 0 fully saturated rings. The van der Waals surface area contributed by atoms with E-state index >= 15 is 0 Å². The lowest BCUT2D eigenvalue weighted by atomic mass is 10.2. The fraction of sp³-hybridized carbons (Fsp3) is 0.800. The summed E-state index contributed by atoms with van der Waals surface area (Å²) in [7, 11) is 1.65. The van der Waals surface area contributed by atoms with Gasteiger partial charge in [0, 0.05) is 7.11 Å². The molecule has 1 heterocycles. The van der Waals surface area contributed by atoms with Crippen molar-refractivity contribution < 1.29 is 9.26 Å². The highest BCUT2D eigenvalue weighted by molar-refractivity contribution is 4.94. The molecule has 0 saturated carbocycles. The fourth-order valence-electron chi connectivity index (χ4n) is 1.32. The van der Waals surface area contributed by atoms with Gasteiger partial charge in [0.1, 0.15) is 6.10 Å². The number of methoxy groups -OCH3 is 1. The van der Waals surface area contributed by atoms with Crippen molar-refractivity contribution in [2.45, 2.75) is 45.3 Å². The fourth-order valence-corrected chi connectivity index (χ4v) is 1.32. The zero-order valence-electron chi connectivity index (χ0n) is 9.56. The number of hydrogen-bond donors (Lipinski definition) is 1. The van der Waals surface area contributed by atoms with Gasteiger partial charge in [0.25, 0.3) is 0 Å². The Morgan fingerprint density at radius 2 is 2.20 bits per heavy atom. The third-order valence-corrected chi connectivity index (χ3v) is 2.34. The minimum Gasteiger partial charge on any atom is -0.373 e. The second-order valence-corrected chi connectivity index (χ2v) is 3.52. The number of nitrogens with two attached hydrogens (primary N) is 1. The summed E-state index contributed by atoms with van der Waals surface area (Å²) in [5.74, 6) is 1.09. The van der Waals surface area contributed by atoms with Crippen LogP contribution in [0.3, 0.4) is 0 Å². The molecule has 1 unspecified atom stereocenters. The van der Waals surface area contributed by atoms with Gasteiger partial charge in [-0.15, -0.1) is 0 Å². The Kier molecular flexibility index (Phi) is 4.71. The van der Waals surface area contributed by atoms with Crippen molar-refractivity contribution in [2.24, 2.45) is 5.73 Å². The number of rotatable bonds is 6. The summed E-state index contributed by atoms with van der Waals surface area (Å²) in [6.45, 7) is 4.07. The highest BCUT2D eigenvalue weighted by atomic mass is 16.5. The third-order valence-electron chi connectivity index (χ3n) is 2.34. The molecule has 0 radical (unpaired) electrons. The molecule has 0 aliphatic carbocycles. The summed E-state index contributed by atoms with van der Waals surface area (Å²) in [5.41, 5.74) is 5.79. The van der Waals surface area contributed by atoms with Crippen molar-refractivity contribution in [1.82, 2.24) is 10.1 Å². The molecule has 0 amide bonds. The highest BCUT2D eigenvalue weighted by Crippen LogP contribution is 2.20. The largest absolute Gasteiger partial charge is 0.373 e. The van der Waals surface area contributed by atoms with E-state index in [1.54, 1.807) is 7.11 Å². The molecule has 0 aliphatic rings. The van der Waals surface area contributed by atoms with Gasteiger partial charge in [-0.1, -0.05) is 25.4 Å². The van der Waals surface area contributed by atoms with E-state index in [1.165, 1.54) is 0 Å². The van der Waals surface area contributed by atoms with Crippen molar-refractivity contribution in [3.05, 3.63) is 11.7 Å². The number of ether oxygens (including phenoxy) is 1. The molecule has 0 aromatic carbocycles. The van der Waals surface area contributed by atoms with Crippen molar-refractivity contribution in [3.63, 3.8) is 0 Å². The van der Waals surface area contributed by atoms with Crippen LogP contribution in [0.5, 0.6) is 0 Å². The number of hydrogen-bond acceptors (Lipinski definition) is 5. The average molecular weight is 213 g/mol. The zero-order valence-corrected chi connectivity index (χ0v) is 9.56. The van der Waals surface area contributed by atoms with Crippen LogP contribution >= 0.6 is 0 Å². The Morgan fingerprint density at radius 1 is 1.47 bits per heavy atom. The Bertz CT molecular complexity index is 288. The smallest absolute Gasteiger partial charge is 0.243 e. The molecule has 2 N–H and O–H groups in total.